The van der Waals surface area contributed by atoms with Gasteiger partial charge in [0.15, 0.2) is 0 Å². The molecule has 3 nitrogen and oxygen atoms in total. The molecule has 0 aliphatic carbocycles. The van der Waals surface area contributed by atoms with Crippen LogP contribution in [0.3, 0.4) is 0 Å². The molecule has 2 N–H and O–H groups in total. The van der Waals surface area contributed by atoms with Crippen molar-refractivity contribution in [3.05, 3.63) is 28.2 Å². The molecule has 1 saturated heterocycles. The minimum atomic E-state index is 0.330. The lowest BCUT2D eigenvalue weighted by Gasteiger charge is -2.33. The number of aliphatic hydroxyl groups excluding tert-OH is 1. The van der Waals surface area contributed by atoms with Crippen molar-refractivity contribution in [2.75, 3.05) is 31.1 Å². The van der Waals surface area contributed by atoms with Crippen molar-refractivity contribution in [1.82, 2.24) is 5.32 Å². The molecule has 19 heavy (non-hydrogen) atoms. The first-order valence-corrected chi connectivity index (χ1v) is 7.88. The maximum atomic E-state index is 9.19. The smallest absolute Gasteiger partial charge is 0.0510 e. The van der Waals surface area contributed by atoms with Crippen molar-refractivity contribution in [2.45, 2.75) is 26.3 Å². The summed E-state index contributed by atoms with van der Waals surface area (Å²) in [5, 5.41) is 12.5. The molecule has 1 heterocycles. The van der Waals surface area contributed by atoms with Gasteiger partial charge in [0.25, 0.3) is 0 Å². The molecule has 0 amide bonds. The summed E-state index contributed by atoms with van der Waals surface area (Å²) in [6.07, 6.45) is 2.17. The fraction of sp³-hybridized carbons (Fsp3) is 0.600. The van der Waals surface area contributed by atoms with Crippen LogP contribution in [-0.2, 0) is 6.54 Å². The summed E-state index contributed by atoms with van der Waals surface area (Å²) in [6, 6.07) is 6.60. The van der Waals surface area contributed by atoms with Gasteiger partial charge in [-0.2, -0.15) is 0 Å². The van der Waals surface area contributed by atoms with Gasteiger partial charge in [0.05, 0.1) is 5.69 Å². The van der Waals surface area contributed by atoms with Crippen LogP contribution in [0.15, 0.2) is 22.7 Å². The molecule has 1 aliphatic rings. The molecule has 4 heteroatoms. The summed E-state index contributed by atoms with van der Waals surface area (Å²) in [7, 11) is 0. The number of piperidine rings is 1. The lowest BCUT2D eigenvalue weighted by atomic mass is 9.97. The molecule has 0 bridgehead atoms. The largest absolute Gasteiger partial charge is 0.396 e. The van der Waals surface area contributed by atoms with E-state index in [0.717, 1.165) is 39.0 Å². The highest BCUT2D eigenvalue weighted by atomic mass is 79.9. The van der Waals surface area contributed by atoms with Crippen LogP contribution in [0.4, 0.5) is 5.69 Å². The Morgan fingerprint density at radius 3 is 2.68 bits per heavy atom. The Hall–Kier alpha value is -0.580. The van der Waals surface area contributed by atoms with Crippen LogP contribution in [0.2, 0.25) is 0 Å². The molecule has 1 aromatic rings. The molecule has 0 radical (unpaired) electrons. The van der Waals surface area contributed by atoms with Gasteiger partial charge in [-0.15, -0.1) is 0 Å². The molecule has 106 valence electrons. The molecule has 0 aromatic heterocycles. The molecular formula is C15H23BrN2O. The van der Waals surface area contributed by atoms with Gasteiger partial charge < -0.3 is 15.3 Å². The highest BCUT2D eigenvalue weighted by molar-refractivity contribution is 9.10. The normalized spacial score (nSPS) is 16.9. The number of rotatable bonds is 5. The van der Waals surface area contributed by atoms with Crippen molar-refractivity contribution in [3.8, 4) is 0 Å². The predicted molar refractivity (Wildman–Crippen MR) is 83.5 cm³/mol. The van der Waals surface area contributed by atoms with Crippen molar-refractivity contribution in [2.24, 2.45) is 5.92 Å². The van der Waals surface area contributed by atoms with E-state index in [1.54, 1.807) is 0 Å². The van der Waals surface area contributed by atoms with Crippen molar-refractivity contribution in [3.63, 3.8) is 0 Å². The predicted octanol–water partition coefficient (Wildman–Crippen LogP) is 2.77. The van der Waals surface area contributed by atoms with Gasteiger partial charge in [-0.25, -0.2) is 0 Å². The Morgan fingerprint density at radius 2 is 2.11 bits per heavy atom. The van der Waals surface area contributed by atoms with Gasteiger partial charge in [-0.05, 0) is 58.9 Å². The third-order valence-corrected chi connectivity index (χ3v) is 4.44. The number of benzene rings is 1. The SMILES string of the molecule is CCNCc1ccc(N2CCC(CO)CC2)c(Br)c1. The number of nitrogens with zero attached hydrogens (tertiary/aromatic N) is 1. The van der Waals surface area contributed by atoms with Crippen LogP contribution < -0.4 is 10.2 Å². The number of nitrogens with one attached hydrogen (secondary N) is 1. The average Bonchev–Trinajstić information content (AvgIpc) is 2.45. The second-order valence-corrected chi connectivity index (χ2v) is 6.03. The zero-order valence-corrected chi connectivity index (χ0v) is 13.1. The second-order valence-electron chi connectivity index (χ2n) is 5.18. The fourth-order valence-corrected chi connectivity index (χ4v) is 3.22. The van der Waals surface area contributed by atoms with Gasteiger partial charge in [0.2, 0.25) is 0 Å². The summed E-state index contributed by atoms with van der Waals surface area (Å²) >= 11 is 3.69. The van der Waals surface area contributed by atoms with E-state index in [4.69, 9.17) is 0 Å². The Balaban J connectivity index is 2.01. The van der Waals surface area contributed by atoms with Crippen LogP contribution in [0, 0.1) is 5.92 Å². The van der Waals surface area contributed by atoms with E-state index in [1.807, 2.05) is 0 Å². The molecule has 0 atom stereocenters. The number of aliphatic hydroxyl groups is 1. The maximum absolute atomic E-state index is 9.19. The van der Waals surface area contributed by atoms with Gasteiger partial charge >= 0.3 is 0 Å². The van der Waals surface area contributed by atoms with E-state index >= 15 is 0 Å². The molecule has 2 rings (SSSR count). The van der Waals surface area contributed by atoms with Crippen molar-refractivity contribution in [1.29, 1.82) is 0 Å². The highest BCUT2D eigenvalue weighted by Gasteiger charge is 2.20. The summed E-state index contributed by atoms with van der Waals surface area (Å²) < 4.78 is 1.17. The lowest BCUT2D eigenvalue weighted by molar-refractivity contribution is 0.203. The molecule has 1 aromatic carbocycles. The molecule has 0 saturated carbocycles. The van der Waals surface area contributed by atoms with Crippen LogP contribution in [-0.4, -0.2) is 31.3 Å². The quantitative estimate of drug-likeness (QED) is 0.873. The topological polar surface area (TPSA) is 35.5 Å². The minimum absolute atomic E-state index is 0.330. The molecule has 0 spiro atoms. The van der Waals surface area contributed by atoms with E-state index in [-0.39, 0.29) is 0 Å². The maximum Gasteiger partial charge on any atom is 0.0510 e. The van der Waals surface area contributed by atoms with E-state index in [9.17, 15) is 5.11 Å². The molecular weight excluding hydrogens is 304 g/mol. The molecule has 0 unspecified atom stereocenters. The van der Waals surface area contributed by atoms with Gasteiger partial charge in [-0.1, -0.05) is 13.0 Å². The number of hydrogen-bond acceptors (Lipinski definition) is 3. The zero-order chi connectivity index (χ0) is 13.7. The minimum Gasteiger partial charge on any atom is -0.396 e. The second kappa shape index (κ2) is 7.27. The van der Waals surface area contributed by atoms with Gasteiger partial charge in [-0.3, -0.25) is 0 Å². The van der Waals surface area contributed by atoms with E-state index in [2.05, 4.69) is 51.3 Å². The first-order valence-electron chi connectivity index (χ1n) is 7.09. The summed E-state index contributed by atoms with van der Waals surface area (Å²) in [4.78, 5) is 2.41. The number of anilines is 1. The Kier molecular flexibility index (Phi) is 5.67. The van der Waals surface area contributed by atoms with Crippen molar-refractivity contribution < 1.29 is 5.11 Å². The van der Waals surface area contributed by atoms with E-state index in [1.165, 1.54) is 15.7 Å². The Bertz CT molecular complexity index is 403. The summed E-state index contributed by atoms with van der Waals surface area (Å²) in [5.74, 6) is 0.489. The van der Waals surface area contributed by atoms with Crippen LogP contribution in [0.25, 0.3) is 0 Å². The van der Waals surface area contributed by atoms with E-state index < -0.39 is 0 Å². The summed E-state index contributed by atoms with van der Waals surface area (Å²) in [6.45, 7) is 6.44. The van der Waals surface area contributed by atoms with Crippen LogP contribution >= 0.6 is 15.9 Å². The third-order valence-electron chi connectivity index (χ3n) is 3.80. The zero-order valence-electron chi connectivity index (χ0n) is 11.5. The molecule has 1 aliphatic heterocycles. The lowest BCUT2D eigenvalue weighted by Crippen LogP contribution is -2.34. The Morgan fingerprint density at radius 1 is 1.37 bits per heavy atom. The molecule has 1 fully saturated rings. The highest BCUT2D eigenvalue weighted by Crippen LogP contribution is 2.30. The average molecular weight is 327 g/mol. The van der Waals surface area contributed by atoms with Gasteiger partial charge in [0, 0.05) is 30.7 Å². The first-order chi connectivity index (χ1) is 9.24. The van der Waals surface area contributed by atoms with Gasteiger partial charge in [0.1, 0.15) is 0 Å². The van der Waals surface area contributed by atoms with E-state index in [0.29, 0.717) is 12.5 Å². The van der Waals surface area contributed by atoms with Crippen LogP contribution in [0.5, 0.6) is 0 Å². The number of halogens is 1. The third kappa shape index (κ3) is 3.94. The summed E-state index contributed by atoms with van der Waals surface area (Å²) in [5.41, 5.74) is 2.58. The monoisotopic (exact) mass is 326 g/mol. The standard InChI is InChI=1S/C15H23BrN2O/c1-2-17-10-13-3-4-15(14(16)9-13)18-7-5-12(11-19)6-8-18/h3-4,9,12,17,19H,2,5-8,10-11H2,1H3. The van der Waals surface area contributed by atoms with Crippen LogP contribution in [0.1, 0.15) is 25.3 Å². The Labute approximate surface area is 124 Å². The first kappa shape index (κ1) is 14.8. The number of hydrogen-bond donors (Lipinski definition) is 2. The van der Waals surface area contributed by atoms with Crippen molar-refractivity contribution >= 4 is 21.6 Å². The fourth-order valence-electron chi connectivity index (χ4n) is 2.54.